The third kappa shape index (κ3) is 4.21. The Kier molecular flexibility index (Phi) is 4.98. The molecule has 1 rings (SSSR count). The molecule has 0 aliphatic heterocycles. The number of hydrogen-bond acceptors (Lipinski definition) is 1. The van der Waals surface area contributed by atoms with Gasteiger partial charge in [0, 0.05) is 12.4 Å². The molecule has 0 aliphatic carbocycles. The molecule has 0 unspecified atom stereocenters. The van der Waals surface area contributed by atoms with Crippen LogP contribution in [-0.2, 0) is 0 Å². The van der Waals surface area contributed by atoms with Gasteiger partial charge in [-0.05, 0) is 12.5 Å². The maximum atomic E-state index is 11.3. The van der Waals surface area contributed by atoms with Crippen LogP contribution in [0.15, 0.2) is 30.3 Å². The van der Waals surface area contributed by atoms with Crippen molar-refractivity contribution in [3.63, 3.8) is 0 Å². The van der Waals surface area contributed by atoms with Crippen molar-refractivity contribution in [1.29, 1.82) is 0 Å². The Hall–Kier alpha value is -1.22. The summed E-state index contributed by atoms with van der Waals surface area (Å²) in [5.74, 6) is 0.424. The average molecular weight is 227 g/mol. The largest absolute Gasteiger partial charge is 0.337 e. The number of alkyl halides is 1. The van der Waals surface area contributed by atoms with Crippen LogP contribution in [0.3, 0.4) is 0 Å². The molecule has 15 heavy (non-hydrogen) atoms. The number of urea groups is 1. The molecule has 0 aromatic heterocycles. The van der Waals surface area contributed by atoms with Crippen molar-refractivity contribution < 1.29 is 4.79 Å². The number of rotatable bonds is 4. The van der Waals surface area contributed by atoms with Crippen molar-refractivity contribution >= 4 is 17.6 Å². The molecule has 82 valence electrons. The fourth-order valence-corrected chi connectivity index (χ4v) is 1.33. The number of nitrogens with one attached hydrogen (secondary N) is 2. The fraction of sp³-hybridized carbons (Fsp3) is 0.364. The van der Waals surface area contributed by atoms with Crippen LogP contribution in [0.25, 0.3) is 0 Å². The molecule has 0 heterocycles. The fourth-order valence-electron chi connectivity index (χ4n) is 1.23. The molecular formula is C11H15ClN2O. The van der Waals surface area contributed by atoms with Gasteiger partial charge in [0.1, 0.15) is 0 Å². The van der Waals surface area contributed by atoms with Gasteiger partial charge in [-0.25, -0.2) is 4.79 Å². The Morgan fingerprint density at radius 3 is 2.67 bits per heavy atom. The minimum absolute atomic E-state index is 0.00141. The van der Waals surface area contributed by atoms with Crippen molar-refractivity contribution in [2.45, 2.75) is 13.0 Å². The highest BCUT2D eigenvalue weighted by molar-refractivity contribution is 6.18. The van der Waals surface area contributed by atoms with Crippen LogP contribution in [0.1, 0.15) is 18.5 Å². The summed E-state index contributed by atoms with van der Waals surface area (Å²) in [6.45, 7) is 2.42. The minimum atomic E-state index is -0.188. The van der Waals surface area contributed by atoms with E-state index >= 15 is 0 Å². The van der Waals surface area contributed by atoms with Crippen LogP contribution in [0.5, 0.6) is 0 Å². The number of carbonyl (C=O) groups excluding carboxylic acids is 1. The summed E-state index contributed by atoms with van der Waals surface area (Å²) < 4.78 is 0. The summed E-state index contributed by atoms with van der Waals surface area (Å²) in [6.07, 6.45) is 0. The topological polar surface area (TPSA) is 41.1 Å². The Bertz CT molecular complexity index is 303. The second-order valence-electron chi connectivity index (χ2n) is 3.22. The molecule has 1 aromatic rings. The van der Waals surface area contributed by atoms with E-state index in [0.717, 1.165) is 5.56 Å². The van der Waals surface area contributed by atoms with Crippen molar-refractivity contribution in [2.75, 3.05) is 12.4 Å². The standard InChI is InChI=1S/C11H15ClN2O/c1-9(10-5-3-2-4-6-10)14-11(15)13-8-7-12/h2-6,9H,7-8H2,1H3,(H2,13,14,15)/t9-/m1/s1. The van der Waals surface area contributed by atoms with E-state index in [1.54, 1.807) is 0 Å². The second-order valence-corrected chi connectivity index (χ2v) is 3.60. The zero-order valence-corrected chi connectivity index (χ0v) is 9.42. The summed E-state index contributed by atoms with van der Waals surface area (Å²) in [6, 6.07) is 9.62. The quantitative estimate of drug-likeness (QED) is 0.760. The summed E-state index contributed by atoms with van der Waals surface area (Å²) in [5, 5.41) is 5.47. The molecule has 0 bridgehead atoms. The minimum Gasteiger partial charge on any atom is -0.337 e. The lowest BCUT2D eigenvalue weighted by Gasteiger charge is -2.14. The summed E-state index contributed by atoms with van der Waals surface area (Å²) in [5.41, 5.74) is 1.08. The first-order chi connectivity index (χ1) is 7.24. The highest BCUT2D eigenvalue weighted by atomic mass is 35.5. The lowest BCUT2D eigenvalue weighted by Crippen LogP contribution is -2.37. The maximum absolute atomic E-state index is 11.3. The van der Waals surface area contributed by atoms with Gasteiger partial charge >= 0.3 is 6.03 Å². The third-order valence-electron chi connectivity index (χ3n) is 2.03. The van der Waals surface area contributed by atoms with Crippen LogP contribution < -0.4 is 10.6 Å². The van der Waals surface area contributed by atoms with Crippen molar-refractivity contribution in [3.05, 3.63) is 35.9 Å². The zero-order valence-electron chi connectivity index (χ0n) is 8.66. The van der Waals surface area contributed by atoms with Crippen molar-refractivity contribution in [1.82, 2.24) is 10.6 Å². The Labute approximate surface area is 94.8 Å². The van der Waals surface area contributed by atoms with Gasteiger partial charge in [0.25, 0.3) is 0 Å². The molecule has 4 heteroatoms. The molecule has 0 saturated carbocycles. The highest BCUT2D eigenvalue weighted by Crippen LogP contribution is 2.10. The monoisotopic (exact) mass is 226 g/mol. The summed E-state index contributed by atoms with van der Waals surface area (Å²) in [4.78, 5) is 11.3. The van der Waals surface area contributed by atoms with E-state index in [4.69, 9.17) is 11.6 Å². The van der Waals surface area contributed by atoms with Gasteiger partial charge in [0.2, 0.25) is 0 Å². The van der Waals surface area contributed by atoms with Crippen LogP contribution in [0, 0.1) is 0 Å². The molecule has 1 atom stereocenters. The number of benzene rings is 1. The van der Waals surface area contributed by atoms with Crippen LogP contribution in [0.4, 0.5) is 4.79 Å². The van der Waals surface area contributed by atoms with Gasteiger partial charge < -0.3 is 10.6 Å². The Morgan fingerprint density at radius 1 is 1.40 bits per heavy atom. The van der Waals surface area contributed by atoms with Crippen LogP contribution in [-0.4, -0.2) is 18.5 Å². The van der Waals surface area contributed by atoms with E-state index in [9.17, 15) is 4.79 Å². The van der Waals surface area contributed by atoms with Gasteiger partial charge in [-0.1, -0.05) is 30.3 Å². The lowest BCUT2D eigenvalue weighted by molar-refractivity contribution is 0.238. The highest BCUT2D eigenvalue weighted by Gasteiger charge is 2.07. The SMILES string of the molecule is C[C@@H](NC(=O)NCCCl)c1ccccc1. The molecule has 0 saturated heterocycles. The Morgan fingerprint density at radius 2 is 2.07 bits per heavy atom. The van der Waals surface area contributed by atoms with Crippen LogP contribution >= 0.6 is 11.6 Å². The van der Waals surface area contributed by atoms with Crippen molar-refractivity contribution in [3.8, 4) is 0 Å². The van der Waals surface area contributed by atoms with Crippen LogP contribution in [0.2, 0.25) is 0 Å². The zero-order chi connectivity index (χ0) is 11.1. The number of amides is 2. The molecule has 3 nitrogen and oxygen atoms in total. The molecule has 0 fully saturated rings. The van der Waals surface area contributed by atoms with E-state index in [-0.39, 0.29) is 12.1 Å². The summed E-state index contributed by atoms with van der Waals surface area (Å²) >= 11 is 5.46. The maximum Gasteiger partial charge on any atom is 0.315 e. The average Bonchev–Trinajstić information content (AvgIpc) is 2.27. The first-order valence-electron chi connectivity index (χ1n) is 4.89. The van der Waals surface area contributed by atoms with Gasteiger partial charge in [0.15, 0.2) is 0 Å². The number of halogens is 1. The molecule has 1 aromatic carbocycles. The molecule has 0 aliphatic rings. The predicted molar refractivity (Wildman–Crippen MR) is 62.1 cm³/mol. The van der Waals surface area contributed by atoms with E-state index in [1.807, 2.05) is 37.3 Å². The first-order valence-corrected chi connectivity index (χ1v) is 5.42. The lowest BCUT2D eigenvalue weighted by atomic mass is 10.1. The molecule has 0 spiro atoms. The van der Waals surface area contributed by atoms with Crippen molar-refractivity contribution in [2.24, 2.45) is 0 Å². The van der Waals surface area contributed by atoms with E-state index < -0.39 is 0 Å². The number of carbonyl (C=O) groups is 1. The molecule has 0 radical (unpaired) electrons. The third-order valence-corrected chi connectivity index (χ3v) is 2.22. The van der Waals surface area contributed by atoms with Gasteiger partial charge in [-0.15, -0.1) is 11.6 Å². The predicted octanol–water partition coefficient (Wildman–Crippen LogP) is 2.29. The van der Waals surface area contributed by atoms with Gasteiger partial charge in [-0.2, -0.15) is 0 Å². The Balaban J connectivity index is 2.42. The first kappa shape index (κ1) is 11.9. The van der Waals surface area contributed by atoms with E-state index in [0.29, 0.717) is 12.4 Å². The molecule has 2 amide bonds. The normalized spacial score (nSPS) is 11.9. The summed E-state index contributed by atoms with van der Waals surface area (Å²) in [7, 11) is 0. The number of hydrogen-bond donors (Lipinski definition) is 2. The molecular weight excluding hydrogens is 212 g/mol. The smallest absolute Gasteiger partial charge is 0.315 e. The van der Waals surface area contributed by atoms with E-state index in [1.165, 1.54) is 0 Å². The van der Waals surface area contributed by atoms with Gasteiger partial charge in [0.05, 0.1) is 6.04 Å². The van der Waals surface area contributed by atoms with Gasteiger partial charge in [-0.3, -0.25) is 0 Å². The molecule has 2 N–H and O–H groups in total. The second kappa shape index (κ2) is 6.30. The van der Waals surface area contributed by atoms with E-state index in [2.05, 4.69) is 10.6 Å².